The van der Waals surface area contributed by atoms with E-state index < -0.39 is 11.7 Å². The first-order valence-electron chi connectivity index (χ1n) is 6.22. The molecular weight excluding hydrogens is 295 g/mol. The summed E-state index contributed by atoms with van der Waals surface area (Å²) < 4.78 is 39.3. The summed E-state index contributed by atoms with van der Waals surface area (Å²) >= 11 is 0. The highest BCUT2D eigenvalue weighted by atomic mass is 19.4. The van der Waals surface area contributed by atoms with E-state index in [1.807, 2.05) is 0 Å². The van der Waals surface area contributed by atoms with E-state index in [9.17, 15) is 18.0 Å². The number of aldehydes is 1. The van der Waals surface area contributed by atoms with Gasteiger partial charge in [-0.25, -0.2) is 9.97 Å². The number of pyridine rings is 1. The number of fused-ring (bicyclic) bond motifs is 1. The van der Waals surface area contributed by atoms with Crippen LogP contribution in [0.15, 0.2) is 43.1 Å². The maximum atomic E-state index is 13.1. The van der Waals surface area contributed by atoms with Crippen LogP contribution in [0.25, 0.3) is 22.0 Å². The van der Waals surface area contributed by atoms with E-state index in [1.165, 1.54) is 30.9 Å². The van der Waals surface area contributed by atoms with E-state index in [1.54, 1.807) is 0 Å². The molecule has 2 aromatic heterocycles. The molecule has 0 saturated carbocycles. The van der Waals surface area contributed by atoms with Crippen molar-refractivity contribution in [2.75, 3.05) is 0 Å². The minimum Gasteiger partial charge on any atom is -0.298 e. The summed E-state index contributed by atoms with van der Waals surface area (Å²) in [6.07, 6.45) is 1.33. The number of para-hydroxylation sites is 1. The predicted molar refractivity (Wildman–Crippen MR) is 73.2 cm³/mol. The fraction of sp³-hybridized carbons (Fsp3) is 0.0667. The Morgan fingerprint density at radius 1 is 1.05 bits per heavy atom. The van der Waals surface area contributed by atoms with Gasteiger partial charge in [-0.05, 0) is 6.07 Å². The Kier molecular flexibility index (Phi) is 3.32. The SMILES string of the molecule is O=Cc1cnc2c(C(F)(F)F)cccc2c1-c1cncnc1. The third-order valence-electron chi connectivity index (χ3n) is 3.21. The molecule has 0 N–H and O–H groups in total. The molecule has 0 aliphatic rings. The Labute approximate surface area is 122 Å². The first-order valence-corrected chi connectivity index (χ1v) is 6.22. The van der Waals surface area contributed by atoms with Crippen LogP contribution < -0.4 is 0 Å². The van der Waals surface area contributed by atoms with Crippen molar-refractivity contribution >= 4 is 17.2 Å². The average molecular weight is 303 g/mol. The van der Waals surface area contributed by atoms with Gasteiger partial charge in [0.05, 0.1) is 11.1 Å². The van der Waals surface area contributed by atoms with Crippen molar-refractivity contribution in [1.82, 2.24) is 15.0 Å². The highest BCUT2D eigenvalue weighted by Gasteiger charge is 2.33. The second kappa shape index (κ2) is 5.18. The van der Waals surface area contributed by atoms with Gasteiger partial charge in [0.2, 0.25) is 0 Å². The van der Waals surface area contributed by atoms with E-state index in [4.69, 9.17) is 0 Å². The van der Waals surface area contributed by atoms with E-state index in [0.29, 0.717) is 17.4 Å². The highest BCUT2D eigenvalue weighted by molar-refractivity contribution is 6.03. The number of nitrogens with zero attached hydrogens (tertiary/aromatic N) is 3. The minimum absolute atomic E-state index is 0.182. The van der Waals surface area contributed by atoms with Crippen molar-refractivity contribution < 1.29 is 18.0 Å². The normalized spacial score (nSPS) is 11.6. The molecule has 7 heteroatoms. The molecule has 0 unspecified atom stereocenters. The maximum absolute atomic E-state index is 13.1. The third kappa shape index (κ3) is 2.30. The van der Waals surface area contributed by atoms with Crippen LogP contribution in [0, 0.1) is 0 Å². The largest absolute Gasteiger partial charge is 0.418 e. The van der Waals surface area contributed by atoms with Crippen molar-refractivity contribution in [3.05, 3.63) is 54.2 Å². The zero-order chi connectivity index (χ0) is 15.7. The van der Waals surface area contributed by atoms with Crippen molar-refractivity contribution in [2.45, 2.75) is 6.18 Å². The summed E-state index contributed by atoms with van der Waals surface area (Å²) in [5.41, 5.74) is -0.0790. The molecule has 1 aromatic carbocycles. The zero-order valence-corrected chi connectivity index (χ0v) is 11.0. The summed E-state index contributed by atoms with van der Waals surface area (Å²) in [4.78, 5) is 22.7. The number of aromatic nitrogens is 3. The quantitative estimate of drug-likeness (QED) is 0.680. The van der Waals surface area contributed by atoms with Gasteiger partial charge in [0.15, 0.2) is 6.29 Å². The molecule has 0 aliphatic carbocycles. The lowest BCUT2D eigenvalue weighted by Crippen LogP contribution is -2.07. The second-order valence-corrected chi connectivity index (χ2v) is 4.53. The number of benzene rings is 1. The third-order valence-corrected chi connectivity index (χ3v) is 3.21. The zero-order valence-electron chi connectivity index (χ0n) is 11.0. The molecule has 0 radical (unpaired) electrons. The molecule has 0 spiro atoms. The Hall–Kier alpha value is -2.83. The molecule has 0 bridgehead atoms. The number of halogens is 3. The lowest BCUT2D eigenvalue weighted by molar-refractivity contribution is -0.136. The summed E-state index contributed by atoms with van der Waals surface area (Å²) in [7, 11) is 0. The lowest BCUT2D eigenvalue weighted by Gasteiger charge is -2.13. The summed E-state index contributed by atoms with van der Waals surface area (Å²) in [6, 6.07) is 3.74. The van der Waals surface area contributed by atoms with Gasteiger partial charge in [-0.1, -0.05) is 12.1 Å². The monoisotopic (exact) mass is 303 g/mol. The standard InChI is InChI=1S/C15H8F3N3O/c16-15(17,18)12-3-1-2-11-13(9-4-19-8-20-5-9)10(7-22)6-21-14(11)12/h1-8H. The van der Waals surface area contributed by atoms with Gasteiger partial charge in [0, 0.05) is 40.7 Å². The van der Waals surface area contributed by atoms with E-state index in [0.717, 1.165) is 12.3 Å². The maximum Gasteiger partial charge on any atom is 0.418 e. The fourth-order valence-electron chi connectivity index (χ4n) is 2.31. The van der Waals surface area contributed by atoms with Crippen LogP contribution >= 0.6 is 0 Å². The molecule has 22 heavy (non-hydrogen) atoms. The number of rotatable bonds is 2. The number of hydrogen-bond acceptors (Lipinski definition) is 4. The van der Waals surface area contributed by atoms with Crippen molar-refractivity contribution in [2.24, 2.45) is 0 Å². The van der Waals surface area contributed by atoms with Crippen LogP contribution in [0.1, 0.15) is 15.9 Å². The lowest BCUT2D eigenvalue weighted by atomic mass is 9.97. The minimum atomic E-state index is -4.53. The van der Waals surface area contributed by atoms with Gasteiger partial charge in [0.1, 0.15) is 6.33 Å². The van der Waals surface area contributed by atoms with Crippen LogP contribution in [-0.2, 0) is 6.18 Å². The van der Waals surface area contributed by atoms with Crippen LogP contribution in [0.3, 0.4) is 0 Å². The van der Waals surface area contributed by atoms with Gasteiger partial charge in [-0.15, -0.1) is 0 Å². The number of carbonyl (C=O) groups is 1. The van der Waals surface area contributed by atoms with Crippen LogP contribution in [0.2, 0.25) is 0 Å². The van der Waals surface area contributed by atoms with E-state index in [-0.39, 0.29) is 16.5 Å². The summed E-state index contributed by atoms with van der Waals surface area (Å²) in [6.45, 7) is 0. The Morgan fingerprint density at radius 2 is 1.77 bits per heavy atom. The molecule has 3 aromatic rings. The molecule has 0 amide bonds. The topological polar surface area (TPSA) is 55.7 Å². The number of hydrogen-bond donors (Lipinski definition) is 0. The predicted octanol–water partition coefficient (Wildman–Crippen LogP) is 3.52. The molecule has 4 nitrogen and oxygen atoms in total. The first kappa shape index (κ1) is 14.1. The van der Waals surface area contributed by atoms with Gasteiger partial charge < -0.3 is 0 Å². The molecular formula is C15H8F3N3O. The highest BCUT2D eigenvalue weighted by Crippen LogP contribution is 2.37. The van der Waals surface area contributed by atoms with Crippen LogP contribution in [-0.4, -0.2) is 21.2 Å². The van der Waals surface area contributed by atoms with Crippen LogP contribution in [0.5, 0.6) is 0 Å². The first-order chi connectivity index (χ1) is 10.5. The van der Waals surface area contributed by atoms with Crippen molar-refractivity contribution in [1.29, 1.82) is 0 Å². The van der Waals surface area contributed by atoms with E-state index >= 15 is 0 Å². The molecule has 2 heterocycles. The molecule has 0 aliphatic heterocycles. The fourth-order valence-corrected chi connectivity index (χ4v) is 2.31. The van der Waals surface area contributed by atoms with Gasteiger partial charge >= 0.3 is 6.18 Å². The summed E-state index contributed by atoms with van der Waals surface area (Å²) in [5.74, 6) is 0. The number of carbonyl (C=O) groups excluding carboxylic acids is 1. The van der Waals surface area contributed by atoms with Crippen molar-refractivity contribution in [3.63, 3.8) is 0 Å². The van der Waals surface area contributed by atoms with E-state index in [2.05, 4.69) is 15.0 Å². The Bertz CT molecular complexity index is 848. The van der Waals surface area contributed by atoms with Crippen molar-refractivity contribution in [3.8, 4) is 11.1 Å². The molecule has 3 rings (SSSR count). The van der Waals surface area contributed by atoms with Gasteiger partial charge in [-0.2, -0.15) is 13.2 Å². The van der Waals surface area contributed by atoms with Gasteiger partial charge in [-0.3, -0.25) is 9.78 Å². The molecule has 0 fully saturated rings. The average Bonchev–Trinajstić information content (AvgIpc) is 2.53. The second-order valence-electron chi connectivity index (χ2n) is 4.53. The van der Waals surface area contributed by atoms with Crippen LogP contribution in [0.4, 0.5) is 13.2 Å². The number of alkyl halides is 3. The Balaban J connectivity index is 2.42. The summed E-state index contributed by atoms with van der Waals surface area (Å²) in [5, 5.41) is 0.231. The molecule has 0 saturated heterocycles. The molecule has 110 valence electrons. The smallest absolute Gasteiger partial charge is 0.298 e. The Morgan fingerprint density at radius 3 is 2.41 bits per heavy atom. The van der Waals surface area contributed by atoms with Gasteiger partial charge in [0.25, 0.3) is 0 Å². The molecule has 0 atom stereocenters.